The van der Waals surface area contributed by atoms with Gasteiger partial charge in [-0.3, -0.25) is 9.69 Å². The van der Waals surface area contributed by atoms with Crippen molar-refractivity contribution in [3.8, 4) is 5.75 Å². The Kier molecular flexibility index (Phi) is 7.25. The smallest absolute Gasteiger partial charge is 0.224 e. The lowest BCUT2D eigenvalue weighted by atomic mass is 10.1. The Labute approximate surface area is 161 Å². The van der Waals surface area contributed by atoms with Crippen molar-refractivity contribution >= 4 is 5.91 Å². The largest absolute Gasteiger partial charge is 0.494 e. The van der Waals surface area contributed by atoms with Gasteiger partial charge in [0.15, 0.2) is 0 Å². The zero-order valence-corrected chi connectivity index (χ0v) is 15.9. The molecule has 0 saturated carbocycles. The lowest BCUT2D eigenvalue weighted by molar-refractivity contribution is -0.120. The summed E-state index contributed by atoms with van der Waals surface area (Å²) in [6.07, 6.45) is 0.502. The molecule has 27 heavy (non-hydrogen) atoms. The first-order valence-electron chi connectivity index (χ1n) is 9.62. The molecule has 144 valence electrons. The minimum Gasteiger partial charge on any atom is -0.494 e. The molecule has 0 radical (unpaired) electrons. The van der Waals surface area contributed by atoms with Crippen LogP contribution in [-0.2, 0) is 16.0 Å². The molecular weight excluding hydrogens is 340 g/mol. The molecule has 0 bridgehead atoms. The van der Waals surface area contributed by atoms with Crippen LogP contribution in [0.5, 0.6) is 5.75 Å². The van der Waals surface area contributed by atoms with Gasteiger partial charge in [0, 0.05) is 26.2 Å². The van der Waals surface area contributed by atoms with E-state index in [1.54, 1.807) is 0 Å². The first-order chi connectivity index (χ1) is 13.2. The highest BCUT2D eigenvalue weighted by Crippen LogP contribution is 2.21. The molecule has 0 spiro atoms. The van der Waals surface area contributed by atoms with E-state index in [1.807, 2.05) is 49.4 Å². The third-order valence-electron chi connectivity index (χ3n) is 4.67. The van der Waals surface area contributed by atoms with Gasteiger partial charge in [0.1, 0.15) is 5.75 Å². The molecule has 2 aromatic carbocycles. The monoisotopic (exact) mass is 368 g/mol. The Morgan fingerprint density at radius 1 is 1.19 bits per heavy atom. The molecule has 2 aromatic rings. The van der Waals surface area contributed by atoms with Crippen LogP contribution < -0.4 is 10.1 Å². The Hall–Kier alpha value is -2.37. The van der Waals surface area contributed by atoms with Crippen LogP contribution in [0.2, 0.25) is 0 Å². The maximum Gasteiger partial charge on any atom is 0.224 e. The van der Waals surface area contributed by atoms with Gasteiger partial charge in [0.2, 0.25) is 5.91 Å². The van der Waals surface area contributed by atoms with Crippen LogP contribution in [-0.4, -0.2) is 50.2 Å². The fourth-order valence-electron chi connectivity index (χ4n) is 3.25. The van der Waals surface area contributed by atoms with E-state index in [4.69, 9.17) is 9.47 Å². The number of rotatable bonds is 8. The second kappa shape index (κ2) is 10.1. The van der Waals surface area contributed by atoms with Gasteiger partial charge >= 0.3 is 0 Å². The molecule has 1 atom stereocenters. The number of carbonyl (C=O) groups is 1. The number of benzene rings is 2. The molecule has 5 heteroatoms. The van der Waals surface area contributed by atoms with E-state index in [-0.39, 0.29) is 12.0 Å². The highest BCUT2D eigenvalue weighted by Gasteiger charge is 2.21. The van der Waals surface area contributed by atoms with E-state index in [9.17, 15) is 4.79 Å². The van der Waals surface area contributed by atoms with E-state index >= 15 is 0 Å². The first-order valence-corrected chi connectivity index (χ1v) is 9.62. The molecule has 0 aromatic heterocycles. The molecule has 1 unspecified atom stereocenters. The van der Waals surface area contributed by atoms with Crippen LogP contribution in [0.15, 0.2) is 54.6 Å². The van der Waals surface area contributed by atoms with Gasteiger partial charge in [-0.05, 0) is 30.2 Å². The molecular formula is C22H28N2O3. The van der Waals surface area contributed by atoms with E-state index in [0.29, 0.717) is 19.6 Å². The van der Waals surface area contributed by atoms with E-state index in [1.165, 1.54) is 5.56 Å². The summed E-state index contributed by atoms with van der Waals surface area (Å²) in [6, 6.07) is 18.0. The van der Waals surface area contributed by atoms with Gasteiger partial charge < -0.3 is 14.8 Å². The van der Waals surface area contributed by atoms with Gasteiger partial charge in [0.25, 0.3) is 0 Å². The fraction of sp³-hybridized carbons (Fsp3) is 0.409. The van der Waals surface area contributed by atoms with Gasteiger partial charge in [-0.15, -0.1) is 0 Å². The van der Waals surface area contributed by atoms with Crippen molar-refractivity contribution in [1.82, 2.24) is 10.2 Å². The van der Waals surface area contributed by atoms with Crippen LogP contribution in [0.25, 0.3) is 0 Å². The van der Waals surface area contributed by atoms with Crippen LogP contribution in [0.4, 0.5) is 0 Å². The molecule has 1 amide bonds. The SMILES string of the molecule is CCOc1ccc(CC(=O)NCCN2CCOC(c3ccccc3)C2)cc1. The molecule has 0 aliphatic carbocycles. The Morgan fingerprint density at radius 2 is 1.96 bits per heavy atom. The third kappa shape index (κ3) is 6.08. The summed E-state index contributed by atoms with van der Waals surface area (Å²) < 4.78 is 11.3. The summed E-state index contributed by atoms with van der Waals surface area (Å²) in [7, 11) is 0. The molecule has 1 fully saturated rings. The third-order valence-corrected chi connectivity index (χ3v) is 4.67. The van der Waals surface area contributed by atoms with Gasteiger partial charge in [0.05, 0.1) is 25.7 Å². The average molecular weight is 368 g/mol. The highest BCUT2D eigenvalue weighted by atomic mass is 16.5. The number of carbonyl (C=O) groups excluding carboxylic acids is 1. The molecule has 1 aliphatic rings. The van der Waals surface area contributed by atoms with Crippen LogP contribution in [0, 0.1) is 0 Å². The molecule has 1 aliphatic heterocycles. The quantitative estimate of drug-likeness (QED) is 0.778. The minimum absolute atomic E-state index is 0.0482. The second-order valence-corrected chi connectivity index (χ2v) is 6.67. The van der Waals surface area contributed by atoms with Crippen molar-refractivity contribution in [3.63, 3.8) is 0 Å². The average Bonchev–Trinajstić information content (AvgIpc) is 2.71. The van der Waals surface area contributed by atoms with Crippen molar-refractivity contribution in [2.24, 2.45) is 0 Å². The van der Waals surface area contributed by atoms with E-state index < -0.39 is 0 Å². The lowest BCUT2D eigenvalue weighted by Crippen LogP contribution is -2.42. The number of morpholine rings is 1. The van der Waals surface area contributed by atoms with E-state index in [2.05, 4.69) is 22.3 Å². The van der Waals surface area contributed by atoms with Gasteiger partial charge in [-0.2, -0.15) is 0 Å². The predicted octanol–water partition coefficient (Wildman–Crippen LogP) is 2.82. The van der Waals surface area contributed by atoms with Crippen LogP contribution in [0.3, 0.4) is 0 Å². The molecule has 5 nitrogen and oxygen atoms in total. The van der Waals surface area contributed by atoms with Crippen molar-refractivity contribution in [2.75, 3.05) is 39.4 Å². The number of hydrogen-bond donors (Lipinski definition) is 1. The minimum atomic E-state index is 0.0482. The first kappa shape index (κ1) is 19.4. The van der Waals surface area contributed by atoms with Gasteiger partial charge in [-0.1, -0.05) is 42.5 Å². The van der Waals surface area contributed by atoms with Gasteiger partial charge in [-0.25, -0.2) is 0 Å². The summed E-state index contributed by atoms with van der Waals surface area (Å²) in [5.74, 6) is 0.883. The zero-order valence-electron chi connectivity index (χ0n) is 15.9. The summed E-state index contributed by atoms with van der Waals surface area (Å²) in [6.45, 7) is 6.57. The summed E-state index contributed by atoms with van der Waals surface area (Å²) in [5, 5.41) is 3.02. The maximum atomic E-state index is 12.2. The number of ether oxygens (including phenoxy) is 2. The second-order valence-electron chi connectivity index (χ2n) is 6.67. The number of nitrogens with one attached hydrogen (secondary N) is 1. The molecule has 1 N–H and O–H groups in total. The topological polar surface area (TPSA) is 50.8 Å². The number of hydrogen-bond acceptors (Lipinski definition) is 4. The van der Waals surface area contributed by atoms with Crippen LogP contribution >= 0.6 is 0 Å². The molecule has 1 saturated heterocycles. The summed E-state index contributed by atoms with van der Waals surface area (Å²) in [4.78, 5) is 14.5. The predicted molar refractivity (Wildman–Crippen MR) is 106 cm³/mol. The Bertz CT molecular complexity index is 703. The van der Waals surface area contributed by atoms with Crippen molar-refractivity contribution in [3.05, 3.63) is 65.7 Å². The van der Waals surface area contributed by atoms with E-state index in [0.717, 1.165) is 37.6 Å². The lowest BCUT2D eigenvalue weighted by Gasteiger charge is -2.33. The summed E-state index contributed by atoms with van der Waals surface area (Å²) in [5.41, 5.74) is 2.20. The number of nitrogens with zero attached hydrogens (tertiary/aromatic N) is 1. The Balaban J connectivity index is 1.39. The molecule has 3 rings (SSSR count). The van der Waals surface area contributed by atoms with Crippen molar-refractivity contribution in [1.29, 1.82) is 0 Å². The number of amides is 1. The Morgan fingerprint density at radius 3 is 2.70 bits per heavy atom. The standard InChI is InChI=1S/C22H28N2O3/c1-2-26-20-10-8-18(9-11-20)16-22(25)23-12-13-24-14-15-27-21(17-24)19-6-4-3-5-7-19/h3-11,21H,2,12-17H2,1H3,(H,23,25). The van der Waals surface area contributed by atoms with Crippen molar-refractivity contribution < 1.29 is 14.3 Å². The normalized spacial score (nSPS) is 17.4. The molecule has 1 heterocycles. The highest BCUT2D eigenvalue weighted by molar-refractivity contribution is 5.78. The fourth-order valence-corrected chi connectivity index (χ4v) is 3.25. The zero-order chi connectivity index (χ0) is 18.9. The van der Waals surface area contributed by atoms with Crippen molar-refractivity contribution in [2.45, 2.75) is 19.4 Å². The maximum absolute atomic E-state index is 12.2. The van der Waals surface area contributed by atoms with Crippen LogP contribution in [0.1, 0.15) is 24.2 Å². The summed E-state index contributed by atoms with van der Waals surface area (Å²) >= 11 is 0.